The highest BCUT2D eigenvalue weighted by Gasteiger charge is 2.28. The fourth-order valence-corrected chi connectivity index (χ4v) is 3.41. The Labute approximate surface area is 119 Å². The van der Waals surface area contributed by atoms with E-state index in [9.17, 15) is 8.42 Å². The van der Waals surface area contributed by atoms with Crippen LogP contribution in [0.25, 0.3) is 0 Å². The Kier molecular flexibility index (Phi) is 4.47. The van der Waals surface area contributed by atoms with Crippen molar-refractivity contribution in [2.24, 2.45) is 18.2 Å². The van der Waals surface area contributed by atoms with Crippen molar-refractivity contribution in [1.29, 1.82) is 0 Å². The summed E-state index contributed by atoms with van der Waals surface area (Å²) in [7, 11) is -2.23. The van der Waals surface area contributed by atoms with Crippen molar-refractivity contribution in [3.05, 3.63) is 4.60 Å². The average molecular weight is 356 g/mol. The van der Waals surface area contributed by atoms with Gasteiger partial charge in [0.2, 0.25) is 5.03 Å². The molecule has 0 saturated heterocycles. The number of nitrogens with one attached hydrogen (secondary N) is 1. The summed E-state index contributed by atoms with van der Waals surface area (Å²) in [6.07, 6.45) is 0. The SMILES string of the molecule is Cn1nnc(Br)c1S(=O)(=O)NCC(C)(C)C(N)=S. The molecule has 0 aromatic carbocycles. The molecule has 0 spiro atoms. The number of rotatable bonds is 5. The van der Waals surface area contributed by atoms with Crippen LogP contribution in [0.1, 0.15) is 13.8 Å². The Morgan fingerprint density at radius 1 is 1.61 bits per heavy atom. The summed E-state index contributed by atoms with van der Waals surface area (Å²) in [5.74, 6) is 0. The van der Waals surface area contributed by atoms with Crippen molar-refractivity contribution in [2.45, 2.75) is 18.9 Å². The Balaban J connectivity index is 2.95. The fraction of sp³-hybridized carbons (Fsp3) is 0.625. The molecule has 0 atom stereocenters. The van der Waals surface area contributed by atoms with Crippen LogP contribution in [0.2, 0.25) is 0 Å². The molecule has 102 valence electrons. The van der Waals surface area contributed by atoms with E-state index in [4.69, 9.17) is 18.0 Å². The van der Waals surface area contributed by atoms with Gasteiger partial charge in [0, 0.05) is 19.0 Å². The number of thiocarbonyl (C=S) groups is 1. The number of halogens is 1. The lowest BCUT2D eigenvalue weighted by Gasteiger charge is -2.23. The Hall–Kier alpha value is -0.580. The highest BCUT2D eigenvalue weighted by atomic mass is 79.9. The van der Waals surface area contributed by atoms with E-state index in [0.717, 1.165) is 0 Å². The van der Waals surface area contributed by atoms with Gasteiger partial charge in [-0.25, -0.2) is 17.8 Å². The van der Waals surface area contributed by atoms with Gasteiger partial charge < -0.3 is 5.73 Å². The molecule has 10 heteroatoms. The number of nitrogens with two attached hydrogens (primary N) is 1. The molecule has 1 heterocycles. The number of aromatic nitrogens is 3. The second-order valence-corrected chi connectivity index (χ2v) is 7.25. The predicted octanol–water partition coefficient (Wildman–Crippen LogP) is 0.168. The minimum atomic E-state index is -3.72. The van der Waals surface area contributed by atoms with Crippen LogP contribution in [0.4, 0.5) is 0 Å². The summed E-state index contributed by atoms with van der Waals surface area (Å²) >= 11 is 7.91. The minimum Gasteiger partial charge on any atom is -0.393 e. The molecular formula is C8H14BrN5O2S2. The van der Waals surface area contributed by atoms with Gasteiger partial charge in [-0.05, 0) is 15.9 Å². The van der Waals surface area contributed by atoms with Gasteiger partial charge >= 0.3 is 0 Å². The van der Waals surface area contributed by atoms with E-state index in [0.29, 0.717) is 0 Å². The maximum atomic E-state index is 12.1. The van der Waals surface area contributed by atoms with E-state index in [1.54, 1.807) is 13.8 Å². The summed E-state index contributed by atoms with van der Waals surface area (Å²) in [5.41, 5.74) is 4.93. The summed E-state index contributed by atoms with van der Waals surface area (Å²) in [6.45, 7) is 3.62. The molecule has 0 bridgehead atoms. The Morgan fingerprint density at radius 2 is 2.17 bits per heavy atom. The van der Waals surface area contributed by atoms with E-state index in [2.05, 4.69) is 31.0 Å². The zero-order chi connectivity index (χ0) is 14.1. The number of sulfonamides is 1. The summed E-state index contributed by atoms with van der Waals surface area (Å²) < 4.78 is 27.9. The first-order valence-corrected chi connectivity index (χ1v) is 7.61. The van der Waals surface area contributed by atoms with Gasteiger partial charge in [-0.15, -0.1) is 5.10 Å². The van der Waals surface area contributed by atoms with Gasteiger partial charge in [0.05, 0.1) is 4.99 Å². The first-order valence-electron chi connectivity index (χ1n) is 4.92. The van der Waals surface area contributed by atoms with Crippen molar-refractivity contribution >= 4 is 43.2 Å². The van der Waals surface area contributed by atoms with E-state index in [1.165, 1.54) is 11.7 Å². The third-order valence-corrected chi connectivity index (χ3v) is 5.20. The second kappa shape index (κ2) is 5.19. The molecule has 0 fully saturated rings. The van der Waals surface area contributed by atoms with Crippen LogP contribution in [0, 0.1) is 5.41 Å². The average Bonchev–Trinajstić information content (AvgIpc) is 2.56. The summed E-state index contributed by atoms with van der Waals surface area (Å²) in [6, 6.07) is 0. The maximum Gasteiger partial charge on any atom is 0.260 e. The predicted molar refractivity (Wildman–Crippen MR) is 74.5 cm³/mol. The van der Waals surface area contributed by atoms with Gasteiger partial charge in [0.15, 0.2) is 4.60 Å². The molecule has 0 amide bonds. The van der Waals surface area contributed by atoms with E-state index >= 15 is 0 Å². The van der Waals surface area contributed by atoms with Crippen molar-refractivity contribution in [2.75, 3.05) is 6.54 Å². The zero-order valence-corrected chi connectivity index (χ0v) is 13.4. The van der Waals surface area contributed by atoms with Crippen LogP contribution in [-0.4, -0.2) is 34.9 Å². The minimum absolute atomic E-state index is 0.0405. The third-order valence-electron chi connectivity index (χ3n) is 2.36. The smallest absolute Gasteiger partial charge is 0.260 e. The quantitative estimate of drug-likeness (QED) is 0.729. The zero-order valence-electron chi connectivity index (χ0n) is 10.1. The molecule has 0 unspecified atom stereocenters. The molecule has 0 aliphatic heterocycles. The molecule has 1 aromatic heterocycles. The number of aryl methyl sites for hydroxylation is 1. The molecule has 3 N–H and O–H groups in total. The molecule has 0 radical (unpaired) electrons. The van der Waals surface area contributed by atoms with Crippen molar-refractivity contribution in [3.63, 3.8) is 0 Å². The van der Waals surface area contributed by atoms with Gasteiger partial charge in [-0.1, -0.05) is 31.3 Å². The third kappa shape index (κ3) is 3.25. The summed E-state index contributed by atoms with van der Waals surface area (Å²) in [4.78, 5) is 0.243. The van der Waals surface area contributed by atoms with Gasteiger partial charge in [0.1, 0.15) is 0 Å². The molecule has 0 aliphatic rings. The first-order chi connectivity index (χ1) is 8.08. The molecule has 1 aromatic rings. The Morgan fingerprint density at radius 3 is 2.56 bits per heavy atom. The summed E-state index contributed by atoms with van der Waals surface area (Å²) in [5, 5.41) is 7.19. The number of hydrogen-bond donors (Lipinski definition) is 2. The van der Waals surface area contributed by atoms with Crippen LogP contribution in [0.3, 0.4) is 0 Å². The largest absolute Gasteiger partial charge is 0.393 e. The molecule has 7 nitrogen and oxygen atoms in total. The molecule has 0 aliphatic carbocycles. The van der Waals surface area contributed by atoms with Crippen LogP contribution in [0.15, 0.2) is 9.63 Å². The molecule has 0 saturated carbocycles. The molecule has 1 rings (SSSR count). The van der Waals surface area contributed by atoms with Crippen LogP contribution >= 0.6 is 28.1 Å². The lowest BCUT2D eigenvalue weighted by Crippen LogP contribution is -2.41. The van der Waals surface area contributed by atoms with Crippen molar-refractivity contribution < 1.29 is 8.42 Å². The highest BCUT2D eigenvalue weighted by molar-refractivity contribution is 9.10. The number of nitrogens with zero attached hydrogens (tertiary/aromatic N) is 3. The van der Waals surface area contributed by atoms with Crippen LogP contribution in [-0.2, 0) is 17.1 Å². The normalized spacial score (nSPS) is 12.7. The topological polar surface area (TPSA) is 103 Å². The van der Waals surface area contributed by atoms with E-state index < -0.39 is 15.4 Å². The second-order valence-electron chi connectivity index (χ2n) is 4.38. The lowest BCUT2D eigenvalue weighted by molar-refractivity contribution is 0.496. The monoisotopic (exact) mass is 355 g/mol. The molecular weight excluding hydrogens is 342 g/mol. The van der Waals surface area contributed by atoms with Crippen LogP contribution < -0.4 is 10.5 Å². The molecule has 18 heavy (non-hydrogen) atoms. The first kappa shape index (κ1) is 15.5. The number of hydrogen-bond acceptors (Lipinski definition) is 5. The lowest BCUT2D eigenvalue weighted by atomic mass is 9.94. The van der Waals surface area contributed by atoms with Gasteiger partial charge in [-0.3, -0.25) is 0 Å². The van der Waals surface area contributed by atoms with Crippen molar-refractivity contribution in [3.8, 4) is 0 Å². The maximum absolute atomic E-state index is 12.1. The van der Waals surface area contributed by atoms with Crippen molar-refractivity contribution in [1.82, 2.24) is 19.7 Å². The van der Waals surface area contributed by atoms with Gasteiger partial charge in [-0.2, -0.15) is 0 Å². The standard InChI is InChI=1S/C8H14BrN5O2S2/c1-8(2,7(10)17)4-11-18(15,16)6-5(9)12-13-14(6)3/h11H,4H2,1-3H3,(H2,10,17). The van der Waals surface area contributed by atoms with E-state index in [1.807, 2.05) is 0 Å². The van der Waals surface area contributed by atoms with Crippen LogP contribution in [0.5, 0.6) is 0 Å². The van der Waals surface area contributed by atoms with E-state index in [-0.39, 0.29) is 21.2 Å². The fourth-order valence-electron chi connectivity index (χ4n) is 1.04. The highest BCUT2D eigenvalue weighted by Crippen LogP contribution is 2.19. The Bertz CT molecular complexity index is 547. The van der Waals surface area contributed by atoms with Gasteiger partial charge in [0.25, 0.3) is 10.0 Å².